The molecule has 20 heavy (non-hydrogen) atoms. The van der Waals surface area contributed by atoms with Crippen LogP contribution in [-0.4, -0.2) is 55.2 Å². The van der Waals surface area contributed by atoms with Gasteiger partial charge in [0.05, 0.1) is 6.61 Å². The summed E-state index contributed by atoms with van der Waals surface area (Å²) in [6.45, 7) is -0.376. The minimum atomic E-state index is -1.16. The number of nitrogens with zero attached hydrogens (tertiary/aromatic N) is 2. The molecular formula is C12H13N3O4S. The summed E-state index contributed by atoms with van der Waals surface area (Å²) in [5, 5.41) is 28.9. The van der Waals surface area contributed by atoms with Crippen molar-refractivity contribution in [2.75, 3.05) is 6.61 Å². The Bertz CT molecular complexity index is 692. The second-order valence-corrected chi connectivity index (χ2v) is 5.01. The Labute approximate surface area is 118 Å². The molecule has 8 heteroatoms. The summed E-state index contributed by atoms with van der Waals surface area (Å²) in [6.07, 6.45) is -0.868. The summed E-state index contributed by atoms with van der Waals surface area (Å²) in [7, 11) is 0. The molecule has 106 valence electrons. The molecule has 7 nitrogen and oxygen atoms in total. The molecule has 2 aromatic rings. The second kappa shape index (κ2) is 5.15. The largest absolute Gasteiger partial charge is 0.394 e. The van der Waals surface area contributed by atoms with Crippen molar-refractivity contribution in [1.82, 2.24) is 15.0 Å². The Morgan fingerprint density at radius 2 is 2.00 bits per heavy atom. The van der Waals surface area contributed by atoms with Crippen LogP contribution in [0.15, 0.2) is 18.5 Å². The maximum absolute atomic E-state index is 10.0. The van der Waals surface area contributed by atoms with Gasteiger partial charge in [-0.1, -0.05) is 12.2 Å². The third kappa shape index (κ3) is 2.11. The van der Waals surface area contributed by atoms with E-state index in [4.69, 9.17) is 22.1 Å². The van der Waals surface area contributed by atoms with Crippen LogP contribution in [0.2, 0.25) is 0 Å². The van der Waals surface area contributed by atoms with Crippen molar-refractivity contribution in [2.45, 2.75) is 24.4 Å². The molecule has 0 bridgehead atoms. The molecule has 1 aliphatic heterocycles. The van der Waals surface area contributed by atoms with Gasteiger partial charge in [0.15, 0.2) is 5.65 Å². The number of H-pyrrole nitrogens is 1. The predicted octanol–water partition coefficient (Wildman–Crippen LogP) is -0.159. The summed E-state index contributed by atoms with van der Waals surface area (Å²) in [4.78, 5) is 11.2. The molecule has 4 atom stereocenters. The first-order valence-electron chi connectivity index (χ1n) is 6.08. The molecule has 0 saturated carbocycles. The molecule has 1 fully saturated rings. The van der Waals surface area contributed by atoms with Crippen LogP contribution in [0.1, 0.15) is 11.7 Å². The molecule has 4 N–H and O–H groups in total. The highest BCUT2D eigenvalue weighted by Gasteiger charge is 2.43. The first-order valence-corrected chi connectivity index (χ1v) is 6.49. The molecule has 3 rings (SSSR count). The lowest BCUT2D eigenvalue weighted by molar-refractivity contribution is -0.0229. The van der Waals surface area contributed by atoms with E-state index in [0.29, 0.717) is 21.4 Å². The SMILES string of the molecule is OCC1OC(c2cc3nccnc3[nH]c2=S)C(O)C1O. The number of pyridine rings is 1. The Morgan fingerprint density at radius 3 is 2.70 bits per heavy atom. The van der Waals surface area contributed by atoms with Crippen molar-refractivity contribution in [2.24, 2.45) is 0 Å². The summed E-state index contributed by atoms with van der Waals surface area (Å²) in [6, 6.07) is 1.67. The second-order valence-electron chi connectivity index (χ2n) is 4.60. The van der Waals surface area contributed by atoms with Gasteiger partial charge in [0, 0.05) is 18.0 Å². The van der Waals surface area contributed by atoms with Crippen LogP contribution in [0.5, 0.6) is 0 Å². The van der Waals surface area contributed by atoms with Crippen LogP contribution in [0, 0.1) is 4.64 Å². The lowest BCUT2D eigenvalue weighted by Crippen LogP contribution is -2.32. The van der Waals surface area contributed by atoms with E-state index in [1.165, 1.54) is 0 Å². The smallest absolute Gasteiger partial charge is 0.157 e. The molecule has 0 spiro atoms. The lowest BCUT2D eigenvalue weighted by atomic mass is 10.0. The van der Waals surface area contributed by atoms with Crippen LogP contribution < -0.4 is 0 Å². The number of aromatic amines is 1. The molecule has 3 heterocycles. The van der Waals surface area contributed by atoms with Crippen LogP contribution in [0.4, 0.5) is 0 Å². The summed E-state index contributed by atoms with van der Waals surface area (Å²) >= 11 is 5.22. The highest BCUT2D eigenvalue weighted by atomic mass is 32.1. The van der Waals surface area contributed by atoms with Crippen molar-refractivity contribution in [1.29, 1.82) is 0 Å². The fraction of sp³-hybridized carbons (Fsp3) is 0.417. The summed E-state index contributed by atoms with van der Waals surface area (Å²) < 4.78 is 5.82. The van der Waals surface area contributed by atoms with Crippen LogP contribution in [-0.2, 0) is 4.74 Å². The number of hydrogen-bond acceptors (Lipinski definition) is 7. The highest BCUT2D eigenvalue weighted by Crippen LogP contribution is 2.34. The van der Waals surface area contributed by atoms with Gasteiger partial charge in [-0.3, -0.25) is 4.98 Å². The zero-order valence-corrected chi connectivity index (χ0v) is 11.1. The lowest BCUT2D eigenvalue weighted by Gasteiger charge is -2.15. The molecule has 0 aromatic carbocycles. The van der Waals surface area contributed by atoms with E-state index < -0.39 is 24.4 Å². The van der Waals surface area contributed by atoms with E-state index in [0.717, 1.165) is 0 Å². The van der Waals surface area contributed by atoms with Gasteiger partial charge in [0.25, 0.3) is 0 Å². The normalized spacial score (nSPS) is 29.9. The molecule has 4 unspecified atom stereocenters. The third-order valence-electron chi connectivity index (χ3n) is 3.36. The van der Waals surface area contributed by atoms with Gasteiger partial charge in [0.2, 0.25) is 0 Å². The van der Waals surface area contributed by atoms with Gasteiger partial charge >= 0.3 is 0 Å². The fourth-order valence-electron chi connectivity index (χ4n) is 2.31. The average molecular weight is 295 g/mol. The minimum Gasteiger partial charge on any atom is -0.394 e. The first-order chi connectivity index (χ1) is 9.61. The minimum absolute atomic E-state index is 0.354. The van der Waals surface area contributed by atoms with Gasteiger partial charge in [-0.25, -0.2) is 4.98 Å². The highest BCUT2D eigenvalue weighted by molar-refractivity contribution is 7.71. The van der Waals surface area contributed by atoms with Gasteiger partial charge in [-0.2, -0.15) is 0 Å². The van der Waals surface area contributed by atoms with Gasteiger partial charge in [-0.05, 0) is 6.07 Å². The zero-order valence-electron chi connectivity index (χ0n) is 10.3. The predicted molar refractivity (Wildman–Crippen MR) is 71.4 cm³/mol. The number of rotatable bonds is 2. The standard InChI is InChI=1S/C12H13N3O4S/c16-4-7-8(17)9(18)10(19-7)5-3-6-11(15-12(5)20)14-2-1-13-6/h1-3,7-10,16-18H,4H2,(H,14,15,20). The molecule has 0 amide bonds. The zero-order chi connectivity index (χ0) is 14.3. The molecule has 1 aliphatic rings. The monoisotopic (exact) mass is 295 g/mol. The van der Waals surface area contributed by atoms with Crippen molar-refractivity contribution in [3.8, 4) is 0 Å². The van der Waals surface area contributed by atoms with Gasteiger partial charge in [-0.15, -0.1) is 0 Å². The van der Waals surface area contributed by atoms with E-state index in [1.54, 1.807) is 18.5 Å². The average Bonchev–Trinajstić information content (AvgIpc) is 2.74. The van der Waals surface area contributed by atoms with Crippen molar-refractivity contribution < 1.29 is 20.1 Å². The Balaban J connectivity index is 2.06. The number of fused-ring (bicyclic) bond motifs is 1. The van der Waals surface area contributed by atoms with E-state index >= 15 is 0 Å². The summed E-state index contributed by atoms with van der Waals surface area (Å²) in [5.41, 5.74) is 1.62. The Morgan fingerprint density at radius 1 is 1.25 bits per heavy atom. The molecular weight excluding hydrogens is 282 g/mol. The molecule has 2 aromatic heterocycles. The first kappa shape index (κ1) is 13.5. The Hall–Kier alpha value is -1.45. The van der Waals surface area contributed by atoms with E-state index in [1.807, 2.05) is 0 Å². The maximum Gasteiger partial charge on any atom is 0.157 e. The van der Waals surface area contributed by atoms with E-state index in [-0.39, 0.29) is 6.61 Å². The van der Waals surface area contributed by atoms with E-state index in [9.17, 15) is 10.2 Å². The molecule has 0 aliphatic carbocycles. The van der Waals surface area contributed by atoms with Gasteiger partial charge in [0.1, 0.15) is 34.6 Å². The fourth-order valence-corrected chi connectivity index (χ4v) is 2.58. The Kier molecular flexibility index (Phi) is 3.48. The number of nitrogens with one attached hydrogen (secondary N) is 1. The third-order valence-corrected chi connectivity index (χ3v) is 3.70. The van der Waals surface area contributed by atoms with Crippen LogP contribution in [0.25, 0.3) is 11.2 Å². The van der Waals surface area contributed by atoms with Crippen molar-refractivity contribution in [3.63, 3.8) is 0 Å². The number of hydrogen-bond donors (Lipinski definition) is 4. The van der Waals surface area contributed by atoms with Crippen molar-refractivity contribution >= 4 is 23.4 Å². The quantitative estimate of drug-likeness (QED) is 0.570. The molecule has 0 radical (unpaired) electrons. The number of ether oxygens (including phenoxy) is 1. The number of aliphatic hydroxyl groups excluding tert-OH is 3. The topological polar surface area (TPSA) is 111 Å². The number of aliphatic hydroxyl groups is 3. The van der Waals surface area contributed by atoms with Gasteiger partial charge < -0.3 is 25.0 Å². The summed E-state index contributed by atoms with van der Waals surface area (Å²) in [5.74, 6) is 0. The van der Waals surface area contributed by atoms with Crippen molar-refractivity contribution in [3.05, 3.63) is 28.7 Å². The van der Waals surface area contributed by atoms with Crippen LogP contribution in [0.3, 0.4) is 0 Å². The molecule has 1 saturated heterocycles. The maximum atomic E-state index is 10.0. The number of aromatic nitrogens is 3. The van der Waals surface area contributed by atoms with Crippen LogP contribution >= 0.6 is 12.2 Å². The van der Waals surface area contributed by atoms with E-state index in [2.05, 4.69) is 15.0 Å².